The summed E-state index contributed by atoms with van der Waals surface area (Å²) in [6.45, 7) is 4.58. The van der Waals surface area contributed by atoms with E-state index in [1.54, 1.807) is 9.80 Å². The zero-order chi connectivity index (χ0) is 21.3. The Balaban J connectivity index is 1.69. The summed E-state index contributed by atoms with van der Waals surface area (Å²) >= 11 is 0. The molecule has 0 aliphatic carbocycles. The van der Waals surface area contributed by atoms with Crippen LogP contribution in [0.4, 0.5) is 0 Å². The predicted octanol–water partition coefficient (Wildman–Crippen LogP) is 2.10. The average Bonchev–Trinajstić information content (AvgIpc) is 2.74. The number of hydrogen-bond acceptors (Lipinski definition) is 5. The Labute approximate surface area is 176 Å². The molecule has 2 aromatic rings. The van der Waals surface area contributed by atoms with Crippen LogP contribution in [0.5, 0.6) is 0 Å². The molecule has 0 unspecified atom stereocenters. The Morgan fingerprint density at radius 1 is 1.23 bits per heavy atom. The monoisotopic (exact) mass is 406 g/mol. The van der Waals surface area contributed by atoms with Gasteiger partial charge in [-0.05, 0) is 18.1 Å². The summed E-state index contributed by atoms with van der Waals surface area (Å²) in [5.74, 6) is -0.238. The number of rotatable bonds is 5. The van der Waals surface area contributed by atoms with Gasteiger partial charge in [-0.15, -0.1) is 0 Å². The number of allylic oxidation sites excluding steroid dienone is 1. The van der Waals surface area contributed by atoms with Crippen LogP contribution in [0.2, 0.25) is 0 Å². The first-order chi connectivity index (χ1) is 14.6. The van der Waals surface area contributed by atoms with Crippen LogP contribution in [0.25, 0.3) is 6.08 Å². The van der Waals surface area contributed by atoms with E-state index < -0.39 is 5.54 Å². The lowest BCUT2D eigenvalue weighted by molar-refractivity contribution is -0.178. The van der Waals surface area contributed by atoms with Crippen molar-refractivity contribution in [2.75, 3.05) is 19.7 Å². The highest BCUT2D eigenvalue weighted by molar-refractivity contribution is 5.94. The van der Waals surface area contributed by atoms with Crippen LogP contribution in [-0.2, 0) is 4.79 Å². The van der Waals surface area contributed by atoms with Crippen LogP contribution in [0.1, 0.15) is 47.8 Å². The van der Waals surface area contributed by atoms with Gasteiger partial charge >= 0.3 is 0 Å². The summed E-state index contributed by atoms with van der Waals surface area (Å²) in [7, 11) is 0. The lowest BCUT2D eigenvalue weighted by Gasteiger charge is -2.70. The summed E-state index contributed by atoms with van der Waals surface area (Å²) in [6, 6.07) is 7.82. The molecule has 0 radical (unpaired) electrons. The Morgan fingerprint density at radius 3 is 2.53 bits per heavy atom. The number of aliphatic hydroxyl groups is 1. The Hall–Kier alpha value is -3.06. The van der Waals surface area contributed by atoms with Crippen LogP contribution in [0, 0.1) is 0 Å². The van der Waals surface area contributed by atoms with Gasteiger partial charge in [-0.25, -0.2) is 4.98 Å². The number of benzene rings is 1. The maximum absolute atomic E-state index is 13.3. The molecule has 7 heteroatoms. The molecule has 2 amide bonds. The van der Waals surface area contributed by atoms with Crippen LogP contribution in [0.15, 0.2) is 48.9 Å². The lowest BCUT2D eigenvalue weighted by Crippen LogP contribution is -2.86. The van der Waals surface area contributed by atoms with Gasteiger partial charge < -0.3 is 14.9 Å². The van der Waals surface area contributed by atoms with Gasteiger partial charge in [0.2, 0.25) is 5.91 Å². The lowest BCUT2D eigenvalue weighted by atomic mass is 9.60. The zero-order valence-electron chi connectivity index (χ0n) is 17.2. The van der Waals surface area contributed by atoms with E-state index in [0.717, 1.165) is 11.1 Å². The van der Waals surface area contributed by atoms with E-state index in [2.05, 4.69) is 22.1 Å². The third-order valence-electron chi connectivity index (χ3n) is 6.20. The number of carbonyl (C=O) groups excluding carboxylic acids is 2. The molecule has 3 heterocycles. The fraction of sp³-hybridized carbons (Fsp3) is 0.391. The van der Waals surface area contributed by atoms with E-state index in [9.17, 15) is 14.7 Å². The number of likely N-dealkylation sites (tertiary alicyclic amines) is 2. The van der Waals surface area contributed by atoms with Crippen LogP contribution < -0.4 is 0 Å². The van der Waals surface area contributed by atoms with Crippen molar-refractivity contribution in [1.29, 1.82) is 0 Å². The number of aliphatic hydroxyl groups excluding tert-OH is 1. The molecule has 1 N–H and O–H groups in total. The molecule has 2 saturated heterocycles. The SMILES string of the molecule is C/C=C/c1ccc([C@@H]2[C@@H](CO)N(C(=O)c3cnccn3)C23CN(C(=O)CC)C3)cc1. The standard InChI is InChI=1S/C23H26N4O3/c1-3-5-16-6-8-17(9-7-16)21-19(13-28)27(22(30)18-12-24-10-11-25-18)23(21)14-26(15-23)20(29)4-2/h3,5-12,19,21,28H,4,13-15H2,1-2H3/b5-3+/t19-,21-/m1/s1. The van der Waals surface area contributed by atoms with E-state index in [-0.39, 0.29) is 36.1 Å². The van der Waals surface area contributed by atoms with Gasteiger partial charge in [0.25, 0.3) is 5.91 Å². The molecule has 2 fully saturated rings. The minimum Gasteiger partial charge on any atom is -0.394 e. The Morgan fingerprint density at radius 2 is 1.97 bits per heavy atom. The van der Waals surface area contributed by atoms with Crippen molar-refractivity contribution in [3.63, 3.8) is 0 Å². The van der Waals surface area contributed by atoms with Gasteiger partial charge in [0.05, 0.1) is 24.4 Å². The molecular weight excluding hydrogens is 380 g/mol. The number of amides is 2. The third-order valence-corrected chi connectivity index (χ3v) is 6.20. The normalized spacial score (nSPS) is 22.1. The second kappa shape index (κ2) is 7.99. The first-order valence-corrected chi connectivity index (χ1v) is 10.3. The van der Waals surface area contributed by atoms with Crippen LogP contribution in [0.3, 0.4) is 0 Å². The molecule has 2 atom stereocenters. The van der Waals surface area contributed by atoms with Crippen LogP contribution in [-0.4, -0.2) is 68.0 Å². The molecule has 4 rings (SSSR count). The van der Waals surface area contributed by atoms with E-state index >= 15 is 0 Å². The van der Waals surface area contributed by atoms with E-state index in [4.69, 9.17) is 0 Å². The Bertz CT molecular complexity index is 952. The van der Waals surface area contributed by atoms with E-state index in [0.29, 0.717) is 19.5 Å². The first kappa shape index (κ1) is 20.2. The second-order valence-corrected chi connectivity index (χ2v) is 7.87. The van der Waals surface area contributed by atoms with Gasteiger partial charge in [0.1, 0.15) is 5.69 Å². The molecule has 0 saturated carbocycles. The summed E-state index contributed by atoms with van der Waals surface area (Å²) in [6.07, 6.45) is 8.89. The van der Waals surface area contributed by atoms with Gasteiger partial charge in [-0.3, -0.25) is 14.6 Å². The highest BCUT2D eigenvalue weighted by atomic mass is 16.3. The van der Waals surface area contributed by atoms with Crippen molar-refractivity contribution >= 4 is 17.9 Å². The van der Waals surface area contributed by atoms with Crippen LogP contribution >= 0.6 is 0 Å². The fourth-order valence-electron chi connectivity index (χ4n) is 4.88. The molecule has 1 spiro atoms. The topological polar surface area (TPSA) is 86.6 Å². The molecule has 1 aromatic carbocycles. The zero-order valence-corrected chi connectivity index (χ0v) is 17.2. The molecule has 30 heavy (non-hydrogen) atoms. The number of nitrogens with zero attached hydrogens (tertiary/aromatic N) is 4. The quantitative estimate of drug-likeness (QED) is 0.822. The second-order valence-electron chi connectivity index (χ2n) is 7.87. The molecule has 2 aliphatic rings. The molecule has 1 aromatic heterocycles. The summed E-state index contributed by atoms with van der Waals surface area (Å²) in [5, 5.41) is 10.2. The van der Waals surface area contributed by atoms with Crippen molar-refractivity contribution in [2.24, 2.45) is 0 Å². The summed E-state index contributed by atoms with van der Waals surface area (Å²) < 4.78 is 0. The summed E-state index contributed by atoms with van der Waals surface area (Å²) in [5.41, 5.74) is 1.88. The van der Waals surface area contributed by atoms with Gasteiger partial charge in [0, 0.05) is 37.8 Å². The van der Waals surface area contributed by atoms with E-state index in [1.807, 2.05) is 38.1 Å². The highest BCUT2D eigenvalue weighted by Crippen LogP contribution is 2.54. The molecule has 156 valence electrons. The van der Waals surface area contributed by atoms with Gasteiger partial charge in [-0.1, -0.05) is 43.3 Å². The van der Waals surface area contributed by atoms with Crippen molar-refractivity contribution in [3.05, 3.63) is 65.8 Å². The molecule has 2 aliphatic heterocycles. The van der Waals surface area contributed by atoms with Crippen molar-refractivity contribution < 1.29 is 14.7 Å². The predicted molar refractivity (Wildman–Crippen MR) is 113 cm³/mol. The number of hydrogen-bond donors (Lipinski definition) is 1. The van der Waals surface area contributed by atoms with Gasteiger partial charge in [0.15, 0.2) is 0 Å². The van der Waals surface area contributed by atoms with Gasteiger partial charge in [-0.2, -0.15) is 0 Å². The maximum Gasteiger partial charge on any atom is 0.275 e. The van der Waals surface area contributed by atoms with Crippen molar-refractivity contribution in [1.82, 2.24) is 19.8 Å². The Kier molecular flexibility index (Phi) is 5.39. The van der Waals surface area contributed by atoms with E-state index in [1.165, 1.54) is 18.6 Å². The van der Waals surface area contributed by atoms with Crippen molar-refractivity contribution in [3.8, 4) is 0 Å². The van der Waals surface area contributed by atoms with Crippen molar-refractivity contribution in [2.45, 2.75) is 37.8 Å². The summed E-state index contributed by atoms with van der Waals surface area (Å²) in [4.78, 5) is 37.2. The molecule has 0 bridgehead atoms. The fourth-order valence-corrected chi connectivity index (χ4v) is 4.88. The minimum atomic E-state index is -0.533. The smallest absolute Gasteiger partial charge is 0.275 e. The maximum atomic E-state index is 13.3. The molecular formula is C23H26N4O3. The molecule has 7 nitrogen and oxygen atoms in total. The average molecular weight is 406 g/mol. The largest absolute Gasteiger partial charge is 0.394 e. The minimum absolute atomic E-state index is 0.0521. The number of carbonyl (C=O) groups is 2. The first-order valence-electron chi connectivity index (χ1n) is 10.3. The third kappa shape index (κ3) is 3.10. The number of aromatic nitrogens is 2. The highest BCUT2D eigenvalue weighted by Gasteiger charge is 2.68.